The van der Waals surface area contributed by atoms with Crippen molar-refractivity contribution in [2.75, 3.05) is 0 Å². The zero-order chi connectivity index (χ0) is 11.2. The van der Waals surface area contributed by atoms with Crippen molar-refractivity contribution in [1.29, 1.82) is 0 Å². The van der Waals surface area contributed by atoms with Gasteiger partial charge in [-0.3, -0.25) is 4.79 Å². The molecule has 2 heteroatoms. The number of aliphatic hydroxyl groups excluding tert-OH is 1. The molecule has 2 rings (SSSR count). The lowest BCUT2D eigenvalue weighted by Gasteiger charge is -2.35. The van der Waals surface area contributed by atoms with E-state index in [1.165, 1.54) is 0 Å². The Morgan fingerprint density at radius 3 is 2.80 bits per heavy atom. The van der Waals surface area contributed by atoms with Crippen LogP contribution >= 0.6 is 0 Å². The molecule has 0 heterocycles. The number of rotatable bonds is 0. The minimum absolute atomic E-state index is 0.235. The van der Waals surface area contributed by atoms with Gasteiger partial charge in [-0.1, -0.05) is 32.9 Å². The van der Waals surface area contributed by atoms with Crippen LogP contribution in [0, 0.1) is 11.3 Å². The van der Waals surface area contributed by atoms with E-state index in [2.05, 4.69) is 6.92 Å². The minimum atomic E-state index is -0.468. The van der Waals surface area contributed by atoms with Crippen LogP contribution in [-0.2, 0) is 4.79 Å². The Morgan fingerprint density at radius 1 is 1.47 bits per heavy atom. The van der Waals surface area contributed by atoms with Gasteiger partial charge in [-0.25, -0.2) is 0 Å². The highest BCUT2D eigenvalue weighted by Gasteiger charge is 2.35. The van der Waals surface area contributed by atoms with E-state index in [4.69, 9.17) is 0 Å². The Morgan fingerprint density at radius 2 is 2.13 bits per heavy atom. The summed E-state index contributed by atoms with van der Waals surface area (Å²) < 4.78 is 0. The quantitative estimate of drug-likeness (QED) is 0.660. The first-order valence-electron chi connectivity index (χ1n) is 5.58. The van der Waals surface area contributed by atoms with E-state index >= 15 is 0 Å². The fourth-order valence-electron chi connectivity index (χ4n) is 2.32. The molecule has 2 nitrogen and oxygen atoms in total. The number of fused-ring (bicyclic) bond motifs is 1. The molecule has 2 aliphatic carbocycles. The van der Waals surface area contributed by atoms with Crippen molar-refractivity contribution in [2.24, 2.45) is 11.3 Å². The molecule has 0 aromatic rings. The maximum absolute atomic E-state index is 11.8. The van der Waals surface area contributed by atoms with Crippen molar-refractivity contribution in [2.45, 2.75) is 39.7 Å². The standard InChI is InChI=1S/C13H18O2/c1-8-4-5-11(14)10-7-13(2,3)12(15)6-9(8)10/h6-8,12,15H,4-5H2,1-3H3. The minimum Gasteiger partial charge on any atom is -0.388 e. The summed E-state index contributed by atoms with van der Waals surface area (Å²) in [5.41, 5.74) is 1.59. The summed E-state index contributed by atoms with van der Waals surface area (Å²) in [6.45, 7) is 6.05. The van der Waals surface area contributed by atoms with Gasteiger partial charge in [-0.2, -0.15) is 0 Å². The lowest BCUT2D eigenvalue weighted by molar-refractivity contribution is -0.116. The van der Waals surface area contributed by atoms with Gasteiger partial charge < -0.3 is 5.11 Å². The van der Waals surface area contributed by atoms with Gasteiger partial charge >= 0.3 is 0 Å². The Hall–Kier alpha value is -0.890. The van der Waals surface area contributed by atoms with Gasteiger partial charge in [0.1, 0.15) is 0 Å². The molecule has 2 aliphatic rings. The molecule has 2 atom stereocenters. The summed E-state index contributed by atoms with van der Waals surface area (Å²) in [6.07, 6.45) is 4.91. The van der Waals surface area contributed by atoms with E-state index in [0.29, 0.717) is 12.3 Å². The molecule has 0 spiro atoms. The molecule has 15 heavy (non-hydrogen) atoms. The van der Waals surface area contributed by atoms with E-state index < -0.39 is 6.10 Å². The van der Waals surface area contributed by atoms with Crippen molar-refractivity contribution in [3.8, 4) is 0 Å². The molecule has 0 bridgehead atoms. The topological polar surface area (TPSA) is 37.3 Å². The summed E-state index contributed by atoms with van der Waals surface area (Å²) in [4.78, 5) is 11.8. The van der Waals surface area contributed by atoms with Gasteiger partial charge in [-0.05, 0) is 17.9 Å². The second kappa shape index (κ2) is 3.31. The molecule has 0 saturated heterocycles. The first-order chi connectivity index (χ1) is 6.92. The van der Waals surface area contributed by atoms with Crippen LogP contribution in [0.4, 0.5) is 0 Å². The zero-order valence-electron chi connectivity index (χ0n) is 9.58. The van der Waals surface area contributed by atoms with E-state index in [0.717, 1.165) is 17.6 Å². The summed E-state index contributed by atoms with van der Waals surface area (Å²) in [6, 6.07) is 0. The highest BCUT2D eigenvalue weighted by Crippen LogP contribution is 2.40. The third-order valence-electron chi connectivity index (χ3n) is 3.56. The lowest BCUT2D eigenvalue weighted by atomic mass is 9.70. The van der Waals surface area contributed by atoms with Gasteiger partial charge in [-0.15, -0.1) is 0 Å². The molecule has 1 saturated carbocycles. The van der Waals surface area contributed by atoms with Crippen LogP contribution in [-0.4, -0.2) is 17.0 Å². The number of carbonyl (C=O) groups is 1. The Bertz CT molecular complexity index is 361. The smallest absolute Gasteiger partial charge is 0.162 e. The molecule has 1 N–H and O–H groups in total. The predicted octanol–water partition coefficient (Wildman–Crippen LogP) is 2.24. The Labute approximate surface area is 90.7 Å². The first kappa shape index (κ1) is 10.6. The predicted molar refractivity (Wildman–Crippen MR) is 59.4 cm³/mol. The Balaban J connectivity index is 2.45. The van der Waals surface area contributed by atoms with E-state index in [1.807, 2.05) is 26.0 Å². The average Bonchev–Trinajstić information content (AvgIpc) is 2.15. The molecule has 2 unspecified atom stereocenters. The monoisotopic (exact) mass is 206 g/mol. The molecule has 0 aromatic carbocycles. The third-order valence-corrected chi connectivity index (χ3v) is 3.56. The molecule has 1 fully saturated rings. The van der Waals surface area contributed by atoms with Crippen molar-refractivity contribution in [3.05, 3.63) is 23.3 Å². The van der Waals surface area contributed by atoms with Crippen molar-refractivity contribution >= 4 is 5.78 Å². The molecule has 82 valence electrons. The van der Waals surface area contributed by atoms with Crippen molar-refractivity contribution in [1.82, 2.24) is 0 Å². The van der Waals surface area contributed by atoms with E-state index in [9.17, 15) is 9.90 Å². The maximum Gasteiger partial charge on any atom is 0.162 e. The van der Waals surface area contributed by atoms with Crippen LogP contribution in [0.5, 0.6) is 0 Å². The SMILES string of the molecule is CC1CCC(=O)C2=CC(C)(C)C(O)C=C21. The van der Waals surface area contributed by atoms with Gasteiger partial charge in [0.15, 0.2) is 5.78 Å². The van der Waals surface area contributed by atoms with Crippen molar-refractivity contribution < 1.29 is 9.90 Å². The van der Waals surface area contributed by atoms with Crippen LogP contribution in [0.15, 0.2) is 23.3 Å². The average molecular weight is 206 g/mol. The summed E-state index contributed by atoms with van der Waals surface area (Å²) in [7, 11) is 0. The second-order valence-corrected chi connectivity index (χ2v) is 5.31. The van der Waals surface area contributed by atoms with E-state index in [-0.39, 0.29) is 11.2 Å². The van der Waals surface area contributed by atoms with Gasteiger partial charge in [0.05, 0.1) is 6.10 Å². The summed E-state index contributed by atoms with van der Waals surface area (Å²) in [5.74, 6) is 0.638. The highest BCUT2D eigenvalue weighted by molar-refractivity contribution is 6.01. The fraction of sp³-hybridized carbons (Fsp3) is 0.615. The second-order valence-electron chi connectivity index (χ2n) is 5.31. The number of aliphatic hydroxyl groups is 1. The maximum atomic E-state index is 11.8. The fourth-order valence-corrected chi connectivity index (χ4v) is 2.32. The molecule has 0 aliphatic heterocycles. The zero-order valence-corrected chi connectivity index (χ0v) is 9.58. The van der Waals surface area contributed by atoms with Gasteiger partial charge in [0, 0.05) is 17.4 Å². The van der Waals surface area contributed by atoms with Gasteiger partial charge in [0.2, 0.25) is 0 Å². The number of hydrogen-bond donors (Lipinski definition) is 1. The number of ketones is 1. The van der Waals surface area contributed by atoms with Gasteiger partial charge in [0.25, 0.3) is 0 Å². The number of Topliss-reactive ketones (excluding diaryl/α,β-unsaturated/α-hetero) is 1. The lowest BCUT2D eigenvalue weighted by Crippen LogP contribution is -2.33. The molecule has 0 aromatic heterocycles. The number of allylic oxidation sites excluding steroid dienone is 2. The largest absolute Gasteiger partial charge is 0.388 e. The Kier molecular flexibility index (Phi) is 2.34. The highest BCUT2D eigenvalue weighted by atomic mass is 16.3. The third kappa shape index (κ3) is 1.67. The number of carbonyl (C=O) groups excluding carboxylic acids is 1. The van der Waals surface area contributed by atoms with Crippen LogP contribution in [0.2, 0.25) is 0 Å². The molecular weight excluding hydrogens is 188 g/mol. The van der Waals surface area contributed by atoms with E-state index in [1.54, 1.807) is 0 Å². The summed E-state index contributed by atoms with van der Waals surface area (Å²) in [5, 5.41) is 9.95. The molecule has 0 radical (unpaired) electrons. The summed E-state index contributed by atoms with van der Waals surface area (Å²) >= 11 is 0. The first-order valence-corrected chi connectivity index (χ1v) is 5.58. The molecule has 0 amide bonds. The van der Waals surface area contributed by atoms with Crippen LogP contribution in [0.1, 0.15) is 33.6 Å². The van der Waals surface area contributed by atoms with Crippen LogP contribution in [0.25, 0.3) is 0 Å². The van der Waals surface area contributed by atoms with Crippen LogP contribution < -0.4 is 0 Å². The van der Waals surface area contributed by atoms with Crippen molar-refractivity contribution in [3.63, 3.8) is 0 Å². The number of hydrogen-bond acceptors (Lipinski definition) is 2. The normalized spacial score (nSPS) is 34.3. The molecular formula is C13H18O2. The van der Waals surface area contributed by atoms with Crippen LogP contribution in [0.3, 0.4) is 0 Å².